The maximum absolute atomic E-state index is 9.16. The van der Waals surface area contributed by atoms with Crippen molar-refractivity contribution in [2.24, 2.45) is 5.73 Å². The second kappa shape index (κ2) is 6.68. The summed E-state index contributed by atoms with van der Waals surface area (Å²) in [4.78, 5) is 2.42. The molecule has 0 bridgehead atoms. The van der Waals surface area contributed by atoms with Gasteiger partial charge in [0.1, 0.15) is 5.84 Å². The molecule has 1 aromatic rings. The van der Waals surface area contributed by atoms with Crippen LogP contribution in [0.2, 0.25) is 0 Å². The van der Waals surface area contributed by atoms with Gasteiger partial charge in [0.25, 0.3) is 0 Å². The highest BCUT2D eigenvalue weighted by atomic mass is 16.3. The van der Waals surface area contributed by atoms with E-state index in [9.17, 15) is 0 Å². The maximum Gasteiger partial charge on any atom is 0.123 e. The van der Waals surface area contributed by atoms with E-state index in [0.717, 1.165) is 37.1 Å². The Hall–Kier alpha value is -1.39. The van der Waals surface area contributed by atoms with Crippen LogP contribution in [0.3, 0.4) is 0 Å². The largest absolute Gasteiger partial charge is 0.396 e. The summed E-state index contributed by atoms with van der Waals surface area (Å²) in [5.41, 5.74) is 7.58. The average Bonchev–Trinajstić information content (AvgIpc) is 2.42. The van der Waals surface area contributed by atoms with Gasteiger partial charge in [-0.2, -0.15) is 0 Å². The first-order valence-electron chi connectivity index (χ1n) is 6.99. The summed E-state index contributed by atoms with van der Waals surface area (Å²) in [6.07, 6.45) is 4.45. The molecule has 1 atom stereocenters. The van der Waals surface area contributed by atoms with Crippen molar-refractivity contribution in [3.05, 3.63) is 35.4 Å². The van der Waals surface area contributed by atoms with Crippen LogP contribution in [0.1, 0.15) is 36.8 Å². The van der Waals surface area contributed by atoms with Gasteiger partial charge in [0, 0.05) is 24.8 Å². The van der Waals surface area contributed by atoms with Crippen molar-refractivity contribution in [3.63, 3.8) is 0 Å². The molecule has 4 N–H and O–H groups in total. The minimum Gasteiger partial charge on any atom is -0.396 e. The Morgan fingerprint density at radius 3 is 2.89 bits per heavy atom. The Balaban J connectivity index is 2.12. The maximum atomic E-state index is 9.16. The molecular formula is C15H23N3O. The summed E-state index contributed by atoms with van der Waals surface area (Å²) in [5.74, 6) is 0.131. The predicted molar refractivity (Wildman–Crippen MR) is 77.2 cm³/mol. The van der Waals surface area contributed by atoms with Crippen LogP contribution < -0.4 is 5.73 Å². The summed E-state index contributed by atoms with van der Waals surface area (Å²) in [6.45, 7) is 2.13. The van der Waals surface area contributed by atoms with Crippen LogP contribution in [0.15, 0.2) is 24.3 Å². The number of nitrogens with one attached hydrogen (secondary N) is 1. The molecule has 1 aromatic carbocycles. The van der Waals surface area contributed by atoms with E-state index in [4.69, 9.17) is 16.2 Å². The molecule has 1 saturated heterocycles. The van der Waals surface area contributed by atoms with Gasteiger partial charge in [0.15, 0.2) is 0 Å². The second-order valence-electron chi connectivity index (χ2n) is 5.20. The first-order valence-corrected chi connectivity index (χ1v) is 6.99. The third-order valence-corrected chi connectivity index (χ3v) is 3.89. The molecule has 0 radical (unpaired) electrons. The van der Waals surface area contributed by atoms with Gasteiger partial charge in [-0.05, 0) is 31.4 Å². The zero-order valence-electron chi connectivity index (χ0n) is 11.3. The number of aliphatic hydroxyl groups excluding tert-OH is 1. The normalized spacial score (nSPS) is 20.4. The van der Waals surface area contributed by atoms with E-state index in [1.54, 1.807) is 0 Å². The fourth-order valence-corrected chi connectivity index (χ4v) is 2.88. The van der Waals surface area contributed by atoms with E-state index >= 15 is 0 Å². The van der Waals surface area contributed by atoms with Crippen LogP contribution in [0.5, 0.6) is 0 Å². The molecule has 1 fully saturated rings. The summed E-state index contributed by atoms with van der Waals surface area (Å²) in [6, 6.07) is 8.32. The molecule has 104 valence electrons. The van der Waals surface area contributed by atoms with Gasteiger partial charge in [-0.3, -0.25) is 10.3 Å². The molecule has 1 unspecified atom stereocenters. The molecule has 19 heavy (non-hydrogen) atoms. The van der Waals surface area contributed by atoms with E-state index in [-0.39, 0.29) is 12.4 Å². The van der Waals surface area contributed by atoms with Gasteiger partial charge in [-0.25, -0.2) is 0 Å². The van der Waals surface area contributed by atoms with Crippen LogP contribution in [0.4, 0.5) is 0 Å². The molecule has 4 nitrogen and oxygen atoms in total. The molecule has 0 aliphatic carbocycles. The molecule has 4 heteroatoms. The zero-order valence-corrected chi connectivity index (χ0v) is 11.3. The number of likely N-dealkylation sites (tertiary alicyclic amines) is 1. The molecular weight excluding hydrogens is 238 g/mol. The van der Waals surface area contributed by atoms with E-state index in [2.05, 4.69) is 4.90 Å². The van der Waals surface area contributed by atoms with Crippen molar-refractivity contribution < 1.29 is 5.11 Å². The fraction of sp³-hybridized carbons (Fsp3) is 0.533. The minimum atomic E-state index is 0.131. The lowest BCUT2D eigenvalue weighted by Gasteiger charge is -2.35. The first-order chi connectivity index (χ1) is 9.22. The molecule has 0 spiro atoms. The average molecular weight is 261 g/mol. The molecule has 1 heterocycles. The van der Waals surface area contributed by atoms with Crippen LogP contribution in [-0.4, -0.2) is 35.0 Å². The van der Waals surface area contributed by atoms with Crippen molar-refractivity contribution in [2.45, 2.75) is 38.3 Å². The Morgan fingerprint density at radius 1 is 1.37 bits per heavy atom. The second-order valence-corrected chi connectivity index (χ2v) is 5.20. The Morgan fingerprint density at radius 2 is 2.16 bits per heavy atom. The summed E-state index contributed by atoms with van der Waals surface area (Å²) in [7, 11) is 0. The highest BCUT2D eigenvalue weighted by Gasteiger charge is 2.22. The van der Waals surface area contributed by atoms with Crippen LogP contribution in [0.25, 0.3) is 0 Å². The van der Waals surface area contributed by atoms with Crippen LogP contribution >= 0.6 is 0 Å². The van der Waals surface area contributed by atoms with E-state index in [1.165, 1.54) is 12.8 Å². The summed E-state index contributed by atoms with van der Waals surface area (Å²) >= 11 is 0. The van der Waals surface area contributed by atoms with Crippen molar-refractivity contribution in [1.29, 1.82) is 5.41 Å². The lowest BCUT2D eigenvalue weighted by atomic mass is 9.97. The Bertz CT molecular complexity index is 431. The predicted octanol–water partition coefficient (Wildman–Crippen LogP) is 1.71. The standard InChI is InChI=1S/C15H23N3O/c16-15(17)14-7-2-1-5-12(14)11-18-9-4-3-6-13(18)8-10-19/h1-2,5,7,13,19H,3-4,6,8-11H2,(H3,16,17). The van der Waals surface area contributed by atoms with Crippen molar-refractivity contribution in [3.8, 4) is 0 Å². The van der Waals surface area contributed by atoms with Crippen molar-refractivity contribution >= 4 is 5.84 Å². The molecule has 1 aliphatic rings. The van der Waals surface area contributed by atoms with Gasteiger partial charge < -0.3 is 10.8 Å². The number of piperidine rings is 1. The molecule has 1 aliphatic heterocycles. The lowest BCUT2D eigenvalue weighted by Crippen LogP contribution is -2.39. The van der Waals surface area contributed by atoms with Crippen molar-refractivity contribution in [1.82, 2.24) is 4.90 Å². The number of amidine groups is 1. The van der Waals surface area contributed by atoms with Gasteiger partial charge in [0.05, 0.1) is 0 Å². The van der Waals surface area contributed by atoms with Gasteiger partial charge in [0.2, 0.25) is 0 Å². The monoisotopic (exact) mass is 261 g/mol. The van der Waals surface area contributed by atoms with Crippen molar-refractivity contribution in [2.75, 3.05) is 13.2 Å². The first kappa shape index (κ1) is 14.0. The molecule has 0 saturated carbocycles. The highest BCUT2D eigenvalue weighted by molar-refractivity contribution is 5.96. The summed E-state index contributed by atoms with van der Waals surface area (Å²) in [5, 5.41) is 16.8. The minimum absolute atomic E-state index is 0.131. The number of hydrogen-bond donors (Lipinski definition) is 3. The van der Waals surface area contributed by atoms with Crippen LogP contribution in [0, 0.1) is 5.41 Å². The van der Waals surface area contributed by atoms with Crippen LogP contribution in [-0.2, 0) is 6.54 Å². The third-order valence-electron chi connectivity index (χ3n) is 3.89. The van der Waals surface area contributed by atoms with Gasteiger partial charge in [-0.1, -0.05) is 30.7 Å². The number of hydrogen-bond acceptors (Lipinski definition) is 3. The SMILES string of the molecule is N=C(N)c1ccccc1CN1CCCCC1CCO. The lowest BCUT2D eigenvalue weighted by molar-refractivity contribution is 0.112. The quantitative estimate of drug-likeness (QED) is 0.558. The van der Waals surface area contributed by atoms with Gasteiger partial charge in [-0.15, -0.1) is 0 Å². The topological polar surface area (TPSA) is 73.3 Å². The fourth-order valence-electron chi connectivity index (χ4n) is 2.88. The number of nitrogen functional groups attached to an aromatic ring is 1. The Labute approximate surface area is 114 Å². The van der Waals surface area contributed by atoms with E-state index in [1.807, 2.05) is 24.3 Å². The number of nitrogens with two attached hydrogens (primary N) is 1. The smallest absolute Gasteiger partial charge is 0.123 e. The van der Waals surface area contributed by atoms with E-state index < -0.39 is 0 Å². The zero-order chi connectivity index (χ0) is 13.7. The number of nitrogens with zero attached hydrogens (tertiary/aromatic N) is 1. The summed E-state index contributed by atoms with van der Waals surface area (Å²) < 4.78 is 0. The highest BCUT2D eigenvalue weighted by Crippen LogP contribution is 2.22. The number of rotatable bonds is 5. The van der Waals surface area contributed by atoms with Gasteiger partial charge >= 0.3 is 0 Å². The number of benzene rings is 1. The molecule has 0 amide bonds. The Kier molecular flexibility index (Phi) is 4.93. The molecule has 0 aromatic heterocycles. The number of aliphatic hydroxyl groups is 1. The van der Waals surface area contributed by atoms with E-state index in [0.29, 0.717) is 6.04 Å². The third kappa shape index (κ3) is 3.55. The molecule has 2 rings (SSSR count).